The van der Waals surface area contributed by atoms with E-state index in [0.717, 1.165) is 82.8 Å². The summed E-state index contributed by atoms with van der Waals surface area (Å²) in [6.07, 6.45) is 9.26. The molecule has 4 heterocycles. The quantitative estimate of drug-likeness (QED) is 0.608. The third-order valence-corrected chi connectivity index (χ3v) is 8.31. The molecule has 1 aromatic carbocycles. The van der Waals surface area contributed by atoms with Gasteiger partial charge >= 0.3 is 0 Å². The van der Waals surface area contributed by atoms with Gasteiger partial charge in [-0.15, -0.1) is 10.2 Å². The molecule has 5 rings (SSSR count). The molecule has 1 amide bonds. The van der Waals surface area contributed by atoms with Crippen LogP contribution in [0, 0.1) is 11.8 Å². The Kier molecular flexibility index (Phi) is 8.70. The summed E-state index contributed by atoms with van der Waals surface area (Å²) in [5.74, 6) is 3.05. The van der Waals surface area contributed by atoms with Crippen LogP contribution in [0.25, 0.3) is 0 Å². The van der Waals surface area contributed by atoms with Crippen LogP contribution in [0.1, 0.15) is 50.5 Å². The fraction of sp³-hybridized carbons (Fsp3) is 0.621. The number of likely N-dealkylation sites (tertiary alicyclic amines) is 1. The number of hydrogen-bond donors (Lipinski definition) is 1. The first-order valence-corrected chi connectivity index (χ1v) is 14.1. The summed E-state index contributed by atoms with van der Waals surface area (Å²) in [7, 11) is 0. The Balaban J connectivity index is 0.976. The summed E-state index contributed by atoms with van der Waals surface area (Å²) in [6.45, 7) is 7.90. The van der Waals surface area contributed by atoms with Gasteiger partial charge in [0.1, 0.15) is 0 Å². The van der Waals surface area contributed by atoms with Crippen molar-refractivity contribution < 1.29 is 4.79 Å². The summed E-state index contributed by atoms with van der Waals surface area (Å²) < 4.78 is 0. The van der Waals surface area contributed by atoms with Crippen molar-refractivity contribution in [2.75, 3.05) is 62.2 Å². The van der Waals surface area contributed by atoms with Gasteiger partial charge in [0.15, 0.2) is 11.6 Å². The molecule has 3 aliphatic rings. The van der Waals surface area contributed by atoms with Crippen LogP contribution in [-0.4, -0.2) is 73.4 Å². The van der Waals surface area contributed by atoms with Crippen LogP contribution >= 0.6 is 0 Å². The molecule has 0 unspecified atom stereocenters. The molecular weight excluding hydrogens is 448 g/mol. The summed E-state index contributed by atoms with van der Waals surface area (Å²) in [5.41, 5.74) is 1.45. The predicted molar refractivity (Wildman–Crippen MR) is 145 cm³/mol. The number of anilines is 2. The normalized spacial score (nSPS) is 20.4. The van der Waals surface area contributed by atoms with Gasteiger partial charge < -0.3 is 20.0 Å². The number of hydrogen-bond acceptors (Lipinski definition) is 6. The van der Waals surface area contributed by atoms with Crippen LogP contribution in [0.15, 0.2) is 42.5 Å². The fourth-order valence-corrected chi connectivity index (χ4v) is 5.99. The predicted octanol–water partition coefficient (Wildman–Crippen LogP) is 3.75. The maximum atomic E-state index is 12.8. The van der Waals surface area contributed by atoms with Gasteiger partial charge in [-0.3, -0.25) is 4.79 Å². The standard InChI is InChI=1S/C29H42N6O/c36-29(30-15-22-33-18-11-25(12-19-33)23-24-7-3-1-4-8-24)26-13-20-35(21-14-26)28-10-9-27(31-32-28)34-16-5-2-6-17-34/h1,3-4,7-10,25-26H,2,5-6,11-23H2,(H,30,36). The third-order valence-electron chi connectivity index (χ3n) is 8.31. The molecule has 0 aliphatic carbocycles. The molecule has 3 saturated heterocycles. The van der Waals surface area contributed by atoms with E-state index in [4.69, 9.17) is 0 Å². The Morgan fingerprint density at radius 3 is 2.06 bits per heavy atom. The van der Waals surface area contributed by atoms with Crippen molar-refractivity contribution >= 4 is 17.5 Å². The molecule has 1 N–H and O–H groups in total. The summed E-state index contributed by atoms with van der Waals surface area (Å²) in [5, 5.41) is 12.2. The number of aromatic nitrogens is 2. The monoisotopic (exact) mass is 490 g/mol. The third kappa shape index (κ3) is 6.75. The average Bonchev–Trinajstić information content (AvgIpc) is 2.95. The molecule has 0 radical (unpaired) electrons. The second-order valence-corrected chi connectivity index (χ2v) is 10.8. The lowest BCUT2D eigenvalue weighted by atomic mass is 9.90. The van der Waals surface area contributed by atoms with Crippen LogP contribution in [0.3, 0.4) is 0 Å². The topological polar surface area (TPSA) is 64.6 Å². The second-order valence-electron chi connectivity index (χ2n) is 10.8. The van der Waals surface area contributed by atoms with E-state index in [-0.39, 0.29) is 11.8 Å². The first kappa shape index (κ1) is 25.0. The molecule has 0 spiro atoms. The molecule has 0 atom stereocenters. The highest BCUT2D eigenvalue weighted by Crippen LogP contribution is 2.24. The number of amides is 1. The molecule has 0 bridgehead atoms. The minimum Gasteiger partial charge on any atom is -0.355 e. The molecule has 2 aromatic rings. The van der Waals surface area contributed by atoms with Crippen LogP contribution in [-0.2, 0) is 11.2 Å². The van der Waals surface area contributed by atoms with E-state index in [1.54, 1.807) is 0 Å². The molecule has 1 aromatic heterocycles. The van der Waals surface area contributed by atoms with Crippen LogP contribution in [0.5, 0.6) is 0 Å². The lowest BCUT2D eigenvalue weighted by Gasteiger charge is -2.33. The first-order valence-electron chi connectivity index (χ1n) is 14.1. The lowest BCUT2D eigenvalue weighted by molar-refractivity contribution is -0.125. The number of carbonyl (C=O) groups excluding carboxylic acids is 1. The van der Waals surface area contributed by atoms with E-state index < -0.39 is 0 Å². The van der Waals surface area contributed by atoms with Gasteiger partial charge in [0.25, 0.3) is 0 Å². The first-order chi connectivity index (χ1) is 17.7. The highest BCUT2D eigenvalue weighted by molar-refractivity contribution is 5.79. The largest absolute Gasteiger partial charge is 0.355 e. The SMILES string of the molecule is O=C(NCCN1CCC(Cc2ccccc2)CC1)C1CCN(c2ccc(N3CCCCC3)nn2)CC1. The number of piperidine rings is 3. The van der Waals surface area contributed by atoms with E-state index in [2.05, 4.69) is 72.7 Å². The minimum atomic E-state index is 0.110. The maximum Gasteiger partial charge on any atom is 0.223 e. The second kappa shape index (κ2) is 12.5. The Morgan fingerprint density at radius 2 is 1.42 bits per heavy atom. The van der Waals surface area contributed by atoms with E-state index in [1.807, 2.05) is 0 Å². The zero-order valence-corrected chi connectivity index (χ0v) is 21.7. The molecule has 194 valence electrons. The van der Waals surface area contributed by atoms with Crippen molar-refractivity contribution in [1.29, 1.82) is 0 Å². The Bertz CT molecular complexity index is 930. The van der Waals surface area contributed by atoms with E-state index in [0.29, 0.717) is 0 Å². The number of benzene rings is 1. The van der Waals surface area contributed by atoms with E-state index >= 15 is 0 Å². The van der Waals surface area contributed by atoms with Gasteiger partial charge in [-0.25, -0.2) is 0 Å². The average molecular weight is 491 g/mol. The van der Waals surface area contributed by atoms with Crippen molar-refractivity contribution in [3.63, 3.8) is 0 Å². The zero-order chi connectivity index (χ0) is 24.6. The van der Waals surface area contributed by atoms with E-state index in [9.17, 15) is 4.79 Å². The van der Waals surface area contributed by atoms with Crippen molar-refractivity contribution in [3.8, 4) is 0 Å². The molecule has 3 aliphatic heterocycles. The minimum absolute atomic E-state index is 0.110. The van der Waals surface area contributed by atoms with Crippen LogP contribution < -0.4 is 15.1 Å². The smallest absolute Gasteiger partial charge is 0.223 e. The van der Waals surface area contributed by atoms with Gasteiger partial charge in [0.05, 0.1) is 0 Å². The Morgan fingerprint density at radius 1 is 0.778 bits per heavy atom. The Labute approximate surface area is 216 Å². The van der Waals surface area contributed by atoms with Crippen molar-refractivity contribution in [1.82, 2.24) is 20.4 Å². The molecule has 7 heteroatoms. The van der Waals surface area contributed by atoms with Gasteiger partial charge in [-0.05, 0) is 88.1 Å². The van der Waals surface area contributed by atoms with Gasteiger partial charge in [-0.1, -0.05) is 30.3 Å². The van der Waals surface area contributed by atoms with Crippen molar-refractivity contribution in [2.45, 2.75) is 51.4 Å². The number of carbonyl (C=O) groups is 1. The molecule has 36 heavy (non-hydrogen) atoms. The summed E-state index contributed by atoms with van der Waals surface area (Å²) in [6, 6.07) is 15.1. The van der Waals surface area contributed by atoms with Crippen molar-refractivity contribution in [3.05, 3.63) is 48.0 Å². The molecule has 0 saturated carbocycles. The highest BCUT2D eigenvalue weighted by Gasteiger charge is 2.26. The summed E-state index contributed by atoms with van der Waals surface area (Å²) >= 11 is 0. The van der Waals surface area contributed by atoms with Gasteiger partial charge in [0, 0.05) is 45.2 Å². The van der Waals surface area contributed by atoms with E-state index in [1.165, 1.54) is 44.1 Å². The molecule has 7 nitrogen and oxygen atoms in total. The van der Waals surface area contributed by atoms with Gasteiger partial charge in [-0.2, -0.15) is 0 Å². The van der Waals surface area contributed by atoms with Crippen LogP contribution in [0.2, 0.25) is 0 Å². The molecule has 3 fully saturated rings. The number of rotatable bonds is 8. The fourth-order valence-electron chi connectivity index (χ4n) is 5.99. The van der Waals surface area contributed by atoms with Gasteiger partial charge in [0.2, 0.25) is 5.91 Å². The molecular formula is C29H42N6O. The lowest BCUT2D eigenvalue weighted by Crippen LogP contribution is -2.44. The summed E-state index contributed by atoms with van der Waals surface area (Å²) in [4.78, 5) is 19.9. The Hall–Kier alpha value is -2.67. The highest BCUT2D eigenvalue weighted by atomic mass is 16.1. The number of nitrogens with one attached hydrogen (secondary N) is 1. The van der Waals surface area contributed by atoms with Crippen LogP contribution in [0.4, 0.5) is 11.6 Å². The zero-order valence-electron chi connectivity index (χ0n) is 21.7. The maximum absolute atomic E-state index is 12.8. The number of nitrogens with zero attached hydrogens (tertiary/aromatic N) is 5. The van der Waals surface area contributed by atoms with Crippen molar-refractivity contribution in [2.24, 2.45) is 11.8 Å².